The van der Waals surface area contributed by atoms with Crippen LogP contribution >= 0.6 is 0 Å². The Bertz CT molecular complexity index is 303. The molecule has 17 heavy (non-hydrogen) atoms. The minimum absolute atomic E-state index is 0.103. The molecular weight excluding hydrogens is 220 g/mol. The summed E-state index contributed by atoms with van der Waals surface area (Å²) in [7, 11) is 0. The summed E-state index contributed by atoms with van der Waals surface area (Å²) >= 11 is 0. The summed E-state index contributed by atoms with van der Waals surface area (Å²) in [5.41, 5.74) is 5.00. The molecule has 98 valence electrons. The van der Waals surface area contributed by atoms with E-state index in [0.29, 0.717) is 6.54 Å². The van der Waals surface area contributed by atoms with Crippen molar-refractivity contribution < 1.29 is 14.7 Å². The fourth-order valence-electron chi connectivity index (χ4n) is 2.18. The molecule has 0 aliphatic heterocycles. The monoisotopic (exact) mass is 242 g/mol. The summed E-state index contributed by atoms with van der Waals surface area (Å²) in [5, 5.41) is 11.6. The van der Waals surface area contributed by atoms with E-state index in [1.807, 2.05) is 0 Å². The average Bonchev–Trinajstić information content (AvgIpc) is 2.05. The normalized spacial score (nSPS) is 18.3. The maximum absolute atomic E-state index is 11.6. The van der Waals surface area contributed by atoms with Crippen LogP contribution in [0, 0.1) is 5.41 Å². The predicted molar refractivity (Wildman–Crippen MR) is 64.4 cm³/mol. The van der Waals surface area contributed by atoms with E-state index < -0.39 is 11.5 Å². The zero-order chi connectivity index (χ0) is 13.1. The second kappa shape index (κ2) is 5.04. The topological polar surface area (TPSA) is 92.4 Å². The second-order valence-corrected chi connectivity index (χ2v) is 5.87. The maximum Gasteiger partial charge on any atom is 0.303 e. The van der Waals surface area contributed by atoms with Crippen LogP contribution in [0.2, 0.25) is 0 Å². The highest BCUT2D eigenvalue weighted by atomic mass is 16.4. The van der Waals surface area contributed by atoms with Crippen molar-refractivity contribution in [2.45, 2.75) is 51.5 Å². The molecule has 0 atom stereocenters. The van der Waals surface area contributed by atoms with Gasteiger partial charge in [0.15, 0.2) is 0 Å². The highest BCUT2D eigenvalue weighted by molar-refractivity contribution is 5.77. The van der Waals surface area contributed by atoms with Crippen LogP contribution in [-0.4, -0.2) is 29.1 Å². The molecule has 1 rings (SSSR count). The van der Waals surface area contributed by atoms with Crippen molar-refractivity contribution in [2.24, 2.45) is 11.1 Å². The SMILES string of the molecule is CC(C)(N)CC(=O)NCC1(CC(=O)O)CCC1. The molecule has 1 aliphatic rings. The fourth-order valence-corrected chi connectivity index (χ4v) is 2.18. The Morgan fingerprint density at radius 1 is 1.41 bits per heavy atom. The molecular formula is C12H22N2O3. The molecule has 0 aromatic carbocycles. The lowest BCUT2D eigenvalue weighted by Crippen LogP contribution is -2.46. The van der Waals surface area contributed by atoms with E-state index in [2.05, 4.69) is 5.32 Å². The van der Waals surface area contributed by atoms with Gasteiger partial charge in [-0.15, -0.1) is 0 Å². The van der Waals surface area contributed by atoms with E-state index in [1.165, 1.54) is 0 Å². The Balaban J connectivity index is 2.38. The van der Waals surface area contributed by atoms with Crippen LogP contribution in [0.1, 0.15) is 46.0 Å². The highest BCUT2D eigenvalue weighted by Gasteiger charge is 2.39. The molecule has 1 aliphatic carbocycles. The van der Waals surface area contributed by atoms with E-state index in [-0.39, 0.29) is 24.2 Å². The van der Waals surface area contributed by atoms with E-state index >= 15 is 0 Å². The van der Waals surface area contributed by atoms with Crippen molar-refractivity contribution in [1.29, 1.82) is 0 Å². The Hall–Kier alpha value is -1.10. The molecule has 1 amide bonds. The number of hydrogen-bond donors (Lipinski definition) is 3. The number of carbonyl (C=O) groups is 2. The molecule has 4 N–H and O–H groups in total. The van der Waals surface area contributed by atoms with Gasteiger partial charge in [0, 0.05) is 18.5 Å². The predicted octanol–water partition coefficient (Wildman–Crippen LogP) is 0.875. The number of rotatable bonds is 6. The van der Waals surface area contributed by atoms with Gasteiger partial charge in [-0.05, 0) is 32.1 Å². The van der Waals surface area contributed by atoms with Gasteiger partial charge in [-0.2, -0.15) is 0 Å². The number of amides is 1. The van der Waals surface area contributed by atoms with Crippen LogP contribution in [0.4, 0.5) is 0 Å². The van der Waals surface area contributed by atoms with Gasteiger partial charge in [0.1, 0.15) is 0 Å². The van der Waals surface area contributed by atoms with Gasteiger partial charge in [-0.25, -0.2) is 0 Å². The van der Waals surface area contributed by atoms with Crippen LogP contribution in [0.25, 0.3) is 0 Å². The van der Waals surface area contributed by atoms with Gasteiger partial charge in [-0.1, -0.05) is 6.42 Å². The van der Waals surface area contributed by atoms with Crippen LogP contribution in [0.15, 0.2) is 0 Å². The standard InChI is InChI=1S/C12H22N2O3/c1-11(2,13)6-9(15)14-8-12(4-3-5-12)7-10(16)17/h3-8,13H2,1-2H3,(H,14,15)(H,16,17). The number of hydrogen-bond acceptors (Lipinski definition) is 3. The first-order chi connectivity index (χ1) is 7.72. The molecule has 0 heterocycles. The molecule has 0 spiro atoms. The first-order valence-corrected chi connectivity index (χ1v) is 6.00. The molecule has 0 aromatic heterocycles. The van der Waals surface area contributed by atoms with Crippen molar-refractivity contribution in [3.63, 3.8) is 0 Å². The number of carboxylic acids is 1. The minimum Gasteiger partial charge on any atom is -0.481 e. The van der Waals surface area contributed by atoms with E-state index in [0.717, 1.165) is 19.3 Å². The molecule has 0 aromatic rings. The summed E-state index contributed by atoms with van der Waals surface area (Å²) in [5.74, 6) is -0.896. The molecule has 0 unspecified atom stereocenters. The number of nitrogens with two attached hydrogens (primary N) is 1. The first kappa shape index (κ1) is 14.0. The number of carboxylic acid groups (broad SMARTS) is 1. The summed E-state index contributed by atoms with van der Waals surface area (Å²) < 4.78 is 0. The zero-order valence-corrected chi connectivity index (χ0v) is 10.6. The van der Waals surface area contributed by atoms with Crippen LogP contribution in [0.5, 0.6) is 0 Å². The molecule has 0 radical (unpaired) electrons. The Kier molecular flexibility index (Phi) is 4.14. The average molecular weight is 242 g/mol. The fraction of sp³-hybridized carbons (Fsp3) is 0.833. The zero-order valence-electron chi connectivity index (χ0n) is 10.6. The molecule has 1 saturated carbocycles. The molecule has 0 bridgehead atoms. The lowest BCUT2D eigenvalue weighted by atomic mass is 9.66. The lowest BCUT2D eigenvalue weighted by Gasteiger charge is -2.41. The summed E-state index contributed by atoms with van der Waals surface area (Å²) in [4.78, 5) is 22.3. The van der Waals surface area contributed by atoms with E-state index in [4.69, 9.17) is 10.8 Å². The van der Waals surface area contributed by atoms with Crippen molar-refractivity contribution >= 4 is 11.9 Å². The lowest BCUT2D eigenvalue weighted by molar-refractivity contribution is -0.142. The third kappa shape index (κ3) is 4.73. The Morgan fingerprint density at radius 3 is 2.35 bits per heavy atom. The third-order valence-corrected chi connectivity index (χ3v) is 3.22. The third-order valence-electron chi connectivity index (χ3n) is 3.22. The summed E-state index contributed by atoms with van der Waals surface area (Å²) in [6, 6.07) is 0. The Labute approximate surface area is 102 Å². The molecule has 5 nitrogen and oxygen atoms in total. The van der Waals surface area contributed by atoms with Crippen molar-refractivity contribution in [3.8, 4) is 0 Å². The van der Waals surface area contributed by atoms with Crippen molar-refractivity contribution in [1.82, 2.24) is 5.32 Å². The van der Waals surface area contributed by atoms with Gasteiger partial charge in [-0.3, -0.25) is 9.59 Å². The van der Waals surface area contributed by atoms with Gasteiger partial charge < -0.3 is 16.2 Å². The number of aliphatic carboxylic acids is 1. The maximum atomic E-state index is 11.6. The van der Waals surface area contributed by atoms with E-state index in [9.17, 15) is 9.59 Å². The quantitative estimate of drug-likeness (QED) is 0.644. The summed E-state index contributed by atoms with van der Waals surface area (Å²) in [6.45, 7) is 4.04. The van der Waals surface area contributed by atoms with Gasteiger partial charge in [0.05, 0.1) is 6.42 Å². The van der Waals surface area contributed by atoms with Crippen LogP contribution in [0.3, 0.4) is 0 Å². The largest absolute Gasteiger partial charge is 0.481 e. The smallest absolute Gasteiger partial charge is 0.303 e. The molecule has 5 heteroatoms. The van der Waals surface area contributed by atoms with Crippen LogP contribution in [-0.2, 0) is 9.59 Å². The van der Waals surface area contributed by atoms with Crippen LogP contribution < -0.4 is 11.1 Å². The Morgan fingerprint density at radius 2 is 2.00 bits per heavy atom. The van der Waals surface area contributed by atoms with Crippen molar-refractivity contribution in [3.05, 3.63) is 0 Å². The number of nitrogens with one attached hydrogen (secondary N) is 1. The second-order valence-electron chi connectivity index (χ2n) is 5.87. The van der Waals surface area contributed by atoms with Gasteiger partial charge in [0.2, 0.25) is 5.91 Å². The van der Waals surface area contributed by atoms with Crippen molar-refractivity contribution in [2.75, 3.05) is 6.54 Å². The van der Waals surface area contributed by atoms with E-state index in [1.54, 1.807) is 13.8 Å². The minimum atomic E-state index is -0.793. The number of carbonyl (C=O) groups excluding carboxylic acids is 1. The van der Waals surface area contributed by atoms with Gasteiger partial charge >= 0.3 is 5.97 Å². The van der Waals surface area contributed by atoms with Gasteiger partial charge in [0.25, 0.3) is 0 Å². The first-order valence-electron chi connectivity index (χ1n) is 6.00. The molecule has 0 saturated heterocycles. The summed E-state index contributed by atoms with van der Waals surface area (Å²) in [6.07, 6.45) is 3.21. The highest BCUT2D eigenvalue weighted by Crippen LogP contribution is 2.43. The molecule has 1 fully saturated rings.